The Balaban J connectivity index is 2.73. The number of hydrogen-bond donors (Lipinski definition) is 0. The average molecular weight is 313 g/mol. The van der Waals surface area contributed by atoms with Crippen LogP contribution in [0.1, 0.15) is 50.4 Å². The summed E-state index contributed by atoms with van der Waals surface area (Å²) in [4.78, 5) is 18.4. The molecule has 0 unspecified atom stereocenters. The molecule has 3 nitrogen and oxygen atoms in total. The number of carbonyl (C=O) groups is 1. The lowest BCUT2D eigenvalue weighted by atomic mass is 10.2. The van der Waals surface area contributed by atoms with Crippen LogP contribution in [0.15, 0.2) is 22.9 Å². The quantitative estimate of drug-likeness (QED) is 0.590. The summed E-state index contributed by atoms with van der Waals surface area (Å²) in [6, 6.07) is 3.84. The minimum Gasteiger partial charge on any atom is -0.336 e. The van der Waals surface area contributed by atoms with Crippen LogP contribution in [0.4, 0.5) is 0 Å². The van der Waals surface area contributed by atoms with Crippen molar-refractivity contribution in [3.63, 3.8) is 0 Å². The molecule has 0 bridgehead atoms. The van der Waals surface area contributed by atoms with Gasteiger partial charge in [-0.1, -0.05) is 19.8 Å². The Kier molecular flexibility index (Phi) is 6.33. The maximum absolute atomic E-state index is 12.4. The van der Waals surface area contributed by atoms with Gasteiger partial charge in [0.2, 0.25) is 0 Å². The molecule has 0 fully saturated rings. The van der Waals surface area contributed by atoms with Crippen LogP contribution >= 0.6 is 15.9 Å². The Hall–Kier alpha value is -0.900. The second kappa shape index (κ2) is 7.52. The summed E-state index contributed by atoms with van der Waals surface area (Å²) in [5.74, 6) is 0.0705. The lowest BCUT2D eigenvalue weighted by Gasteiger charge is -2.26. The van der Waals surface area contributed by atoms with E-state index in [0.717, 1.165) is 24.0 Å². The molecule has 18 heavy (non-hydrogen) atoms. The van der Waals surface area contributed by atoms with Crippen molar-refractivity contribution >= 4 is 21.8 Å². The molecule has 0 saturated carbocycles. The molecule has 1 aromatic heterocycles. The van der Waals surface area contributed by atoms with Gasteiger partial charge in [0, 0.05) is 18.8 Å². The first-order chi connectivity index (χ1) is 8.56. The number of nitrogens with zero attached hydrogens (tertiary/aromatic N) is 2. The molecule has 1 aromatic rings. The predicted molar refractivity (Wildman–Crippen MR) is 77.6 cm³/mol. The molecule has 0 spiro atoms. The highest BCUT2D eigenvalue weighted by Gasteiger charge is 2.18. The van der Waals surface area contributed by atoms with Crippen LogP contribution in [0.3, 0.4) is 0 Å². The van der Waals surface area contributed by atoms with Gasteiger partial charge in [0.15, 0.2) is 0 Å². The van der Waals surface area contributed by atoms with E-state index in [2.05, 4.69) is 41.7 Å². The van der Waals surface area contributed by atoms with Gasteiger partial charge >= 0.3 is 0 Å². The van der Waals surface area contributed by atoms with Crippen LogP contribution in [0.25, 0.3) is 0 Å². The number of halogens is 1. The first-order valence-electron chi connectivity index (χ1n) is 6.48. The van der Waals surface area contributed by atoms with E-state index in [-0.39, 0.29) is 11.9 Å². The number of hydrogen-bond acceptors (Lipinski definition) is 2. The summed E-state index contributed by atoms with van der Waals surface area (Å²) in [5, 5.41) is 0. The molecule has 1 rings (SSSR count). The Morgan fingerprint density at radius 1 is 1.39 bits per heavy atom. The molecule has 0 N–H and O–H groups in total. The SMILES string of the molecule is CCCCCN(C(=O)c1ccc(Br)nc1)C(C)C. The third-order valence-corrected chi connectivity index (χ3v) is 3.33. The van der Waals surface area contributed by atoms with E-state index in [0.29, 0.717) is 5.56 Å². The summed E-state index contributed by atoms with van der Waals surface area (Å²) in [5.41, 5.74) is 0.656. The van der Waals surface area contributed by atoms with Crippen LogP contribution in [0.5, 0.6) is 0 Å². The molecule has 4 heteroatoms. The molecule has 1 heterocycles. The van der Waals surface area contributed by atoms with Crippen molar-refractivity contribution in [1.29, 1.82) is 0 Å². The number of aromatic nitrogens is 1. The fraction of sp³-hybridized carbons (Fsp3) is 0.571. The first kappa shape index (κ1) is 15.2. The zero-order valence-corrected chi connectivity index (χ0v) is 12.9. The minimum absolute atomic E-state index is 0.0705. The second-order valence-electron chi connectivity index (χ2n) is 4.67. The normalized spacial score (nSPS) is 10.7. The van der Waals surface area contributed by atoms with Gasteiger partial charge in [-0.15, -0.1) is 0 Å². The Morgan fingerprint density at radius 3 is 2.61 bits per heavy atom. The van der Waals surface area contributed by atoms with Crippen molar-refractivity contribution < 1.29 is 4.79 Å². The Labute approximate surface area is 118 Å². The van der Waals surface area contributed by atoms with Crippen molar-refractivity contribution in [2.24, 2.45) is 0 Å². The molecule has 0 saturated heterocycles. The second-order valence-corrected chi connectivity index (χ2v) is 5.48. The summed E-state index contributed by atoms with van der Waals surface area (Å²) in [6.45, 7) is 7.09. The number of rotatable bonds is 6. The van der Waals surface area contributed by atoms with Gasteiger partial charge in [0.25, 0.3) is 5.91 Å². The smallest absolute Gasteiger partial charge is 0.255 e. The molecular formula is C14H21BrN2O. The van der Waals surface area contributed by atoms with E-state index >= 15 is 0 Å². The van der Waals surface area contributed by atoms with E-state index in [9.17, 15) is 4.79 Å². The third-order valence-electron chi connectivity index (χ3n) is 2.86. The molecule has 1 amide bonds. The highest BCUT2D eigenvalue weighted by Crippen LogP contribution is 2.12. The standard InChI is InChI=1S/C14H21BrN2O/c1-4-5-6-9-17(11(2)3)14(18)12-7-8-13(15)16-10-12/h7-8,10-11H,4-6,9H2,1-3H3. The minimum atomic E-state index is 0.0705. The van der Waals surface area contributed by atoms with Gasteiger partial charge in [0.1, 0.15) is 4.60 Å². The Morgan fingerprint density at radius 2 is 2.11 bits per heavy atom. The van der Waals surface area contributed by atoms with Gasteiger partial charge in [-0.05, 0) is 48.3 Å². The fourth-order valence-corrected chi connectivity index (χ4v) is 2.03. The van der Waals surface area contributed by atoms with Crippen LogP contribution in [-0.4, -0.2) is 28.4 Å². The third kappa shape index (κ3) is 4.41. The zero-order valence-electron chi connectivity index (χ0n) is 11.3. The van der Waals surface area contributed by atoms with Crippen molar-refractivity contribution in [3.05, 3.63) is 28.5 Å². The van der Waals surface area contributed by atoms with Gasteiger partial charge < -0.3 is 4.90 Å². The average Bonchev–Trinajstić information content (AvgIpc) is 2.34. The molecule has 0 aromatic carbocycles. The van der Waals surface area contributed by atoms with E-state index in [1.54, 1.807) is 12.3 Å². The van der Waals surface area contributed by atoms with Gasteiger partial charge in [-0.3, -0.25) is 4.79 Å². The van der Waals surface area contributed by atoms with Crippen LogP contribution < -0.4 is 0 Å². The molecule has 0 aliphatic heterocycles. The summed E-state index contributed by atoms with van der Waals surface area (Å²) in [6.07, 6.45) is 5.01. The lowest BCUT2D eigenvalue weighted by molar-refractivity contribution is 0.0702. The van der Waals surface area contributed by atoms with E-state index in [4.69, 9.17) is 0 Å². The Bertz CT molecular complexity index is 376. The largest absolute Gasteiger partial charge is 0.336 e. The molecule has 0 atom stereocenters. The predicted octanol–water partition coefficient (Wildman–Crippen LogP) is 3.88. The van der Waals surface area contributed by atoms with E-state index < -0.39 is 0 Å². The number of carbonyl (C=O) groups excluding carboxylic acids is 1. The first-order valence-corrected chi connectivity index (χ1v) is 7.28. The zero-order chi connectivity index (χ0) is 13.5. The van der Waals surface area contributed by atoms with Crippen molar-refractivity contribution in [3.8, 4) is 0 Å². The topological polar surface area (TPSA) is 33.2 Å². The van der Waals surface area contributed by atoms with Crippen LogP contribution in [-0.2, 0) is 0 Å². The molecule has 100 valence electrons. The van der Waals surface area contributed by atoms with Crippen molar-refractivity contribution in [2.45, 2.75) is 46.1 Å². The summed E-state index contributed by atoms with van der Waals surface area (Å²) < 4.78 is 0.751. The van der Waals surface area contributed by atoms with Gasteiger partial charge in [-0.25, -0.2) is 4.98 Å². The molecular weight excluding hydrogens is 292 g/mol. The van der Waals surface area contributed by atoms with E-state index in [1.165, 1.54) is 6.42 Å². The van der Waals surface area contributed by atoms with E-state index in [1.807, 2.05) is 11.0 Å². The lowest BCUT2D eigenvalue weighted by Crippen LogP contribution is -2.37. The maximum atomic E-state index is 12.4. The fourth-order valence-electron chi connectivity index (χ4n) is 1.79. The maximum Gasteiger partial charge on any atom is 0.255 e. The van der Waals surface area contributed by atoms with Gasteiger partial charge in [-0.2, -0.15) is 0 Å². The number of amides is 1. The monoisotopic (exact) mass is 312 g/mol. The van der Waals surface area contributed by atoms with Crippen molar-refractivity contribution in [1.82, 2.24) is 9.88 Å². The molecule has 0 radical (unpaired) electrons. The molecule has 0 aliphatic carbocycles. The highest BCUT2D eigenvalue weighted by molar-refractivity contribution is 9.10. The number of unbranched alkanes of at least 4 members (excludes halogenated alkanes) is 2. The van der Waals surface area contributed by atoms with Crippen LogP contribution in [0.2, 0.25) is 0 Å². The number of pyridine rings is 1. The highest BCUT2D eigenvalue weighted by atomic mass is 79.9. The van der Waals surface area contributed by atoms with Crippen molar-refractivity contribution in [2.75, 3.05) is 6.54 Å². The van der Waals surface area contributed by atoms with Gasteiger partial charge in [0.05, 0.1) is 5.56 Å². The summed E-state index contributed by atoms with van der Waals surface area (Å²) in [7, 11) is 0. The van der Waals surface area contributed by atoms with Crippen LogP contribution in [0, 0.1) is 0 Å². The summed E-state index contributed by atoms with van der Waals surface area (Å²) >= 11 is 3.28. The molecule has 0 aliphatic rings.